The summed E-state index contributed by atoms with van der Waals surface area (Å²) < 4.78 is 2.48. The molecule has 0 aliphatic heterocycles. The van der Waals surface area contributed by atoms with Gasteiger partial charge in [-0.2, -0.15) is 0 Å². The third-order valence-electron chi connectivity index (χ3n) is 5.10. The van der Waals surface area contributed by atoms with Crippen LogP contribution in [0.15, 0.2) is 18.7 Å². The Labute approximate surface area is 107 Å². The third kappa shape index (κ3) is 1.40. The van der Waals surface area contributed by atoms with Crippen LogP contribution in [0.5, 0.6) is 0 Å². The molecule has 4 bridgehead atoms. The zero-order valence-electron chi connectivity index (χ0n) is 9.53. The summed E-state index contributed by atoms with van der Waals surface area (Å²) in [7, 11) is 0. The molecule has 0 aromatic carbocycles. The van der Waals surface area contributed by atoms with Crippen molar-refractivity contribution in [1.29, 1.82) is 0 Å². The van der Waals surface area contributed by atoms with Crippen molar-refractivity contribution in [3.8, 4) is 0 Å². The zero-order valence-corrected chi connectivity index (χ0v) is 11.1. The van der Waals surface area contributed by atoms with Gasteiger partial charge in [0.25, 0.3) is 0 Å². The number of hydrogen-bond donors (Lipinski definition) is 1. The maximum Gasteiger partial charge on any atom is 0.241 e. The number of aromatic amines is 1. The minimum Gasteiger partial charge on any atom is -1.00 e. The predicted octanol–water partition coefficient (Wildman–Crippen LogP) is -0.768. The third-order valence-corrected chi connectivity index (χ3v) is 5.10. The Morgan fingerprint density at radius 3 is 2.00 bits per heavy atom. The van der Waals surface area contributed by atoms with E-state index in [2.05, 4.69) is 28.3 Å². The van der Waals surface area contributed by atoms with Crippen LogP contribution in [0.3, 0.4) is 0 Å². The Morgan fingerprint density at radius 2 is 1.56 bits per heavy atom. The fourth-order valence-corrected chi connectivity index (χ4v) is 4.97. The van der Waals surface area contributed by atoms with E-state index < -0.39 is 0 Å². The van der Waals surface area contributed by atoms with E-state index in [1.165, 1.54) is 38.5 Å². The SMILES string of the molecule is [Br-].c1c[n+](C23CC4CC(CC(C4)C2)C3)c[nH]1. The minimum absolute atomic E-state index is 0. The lowest BCUT2D eigenvalue weighted by Crippen LogP contribution is -3.00. The molecule has 0 spiro atoms. The second-order valence-corrected chi connectivity index (χ2v) is 6.16. The van der Waals surface area contributed by atoms with Crippen molar-refractivity contribution in [1.82, 2.24) is 4.98 Å². The first kappa shape index (κ1) is 10.8. The van der Waals surface area contributed by atoms with E-state index in [1.54, 1.807) is 0 Å². The quantitative estimate of drug-likeness (QED) is 0.653. The van der Waals surface area contributed by atoms with E-state index in [0.29, 0.717) is 5.54 Å². The minimum atomic E-state index is 0. The van der Waals surface area contributed by atoms with Crippen molar-refractivity contribution in [3.63, 3.8) is 0 Å². The van der Waals surface area contributed by atoms with Crippen LogP contribution >= 0.6 is 0 Å². The maximum absolute atomic E-state index is 3.22. The van der Waals surface area contributed by atoms with Gasteiger partial charge in [0.05, 0.1) is 0 Å². The number of halogens is 1. The average molecular weight is 283 g/mol. The maximum atomic E-state index is 3.22. The highest BCUT2D eigenvalue weighted by molar-refractivity contribution is 4.99. The van der Waals surface area contributed by atoms with Crippen LogP contribution in [0.25, 0.3) is 0 Å². The van der Waals surface area contributed by atoms with Crippen LogP contribution in [0.4, 0.5) is 0 Å². The summed E-state index contributed by atoms with van der Waals surface area (Å²) in [5.74, 6) is 3.12. The zero-order chi connectivity index (χ0) is 9.88. The lowest BCUT2D eigenvalue weighted by Gasteiger charge is -2.54. The summed E-state index contributed by atoms with van der Waals surface area (Å²) in [4.78, 5) is 3.22. The summed E-state index contributed by atoms with van der Waals surface area (Å²) in [5.41, 5.74) is 0.509. The lowest BCUT2D eigenvalue weighted by atomic mass is 9.53. The Morgan fingerprint density at radius 1 is 1.00 bits per heavy atom. The van der Waals surface area contributed by atoms with E-state index in [1.807, 2.05) is 0 Å². The van der Waals surface area contributed by atoms with Gasteiger partial charge >= 0.3 is 0 Å². The largest absolute Gasteiger partial charge is 1.00 e. The van der Waals surface area contributed by atoms with Gasteiger partial charge in [-0.25, -0.2) is 4.57 Å². The van der Waals surface area contributed by atoms with Crippen LogP contribution in [-0.2, 0) is 5.54 Å². The van der Waals surface area contributed by atoms with Crippen LogP contribution < -0.4 is 21.5 Å². The summed E-state index contributed by atoms with van der Waals surface area (Å²) in [6.07, 6.45) is 15.4. The molecule has 3 heteroatoms. The van der Waals surface area contributed by atoms with Crippen molar-refractivity contribution >= 4 is 0 Å². The van der Waals surface area contributed by atoms with Gasteiger partial charge in [-0.15, -0.1) is 0 Å². The van der Waals surface area contributed by atoms with E-state index in [4.69, 9.17) is 0 Å². The smallest absolute Gasteiger partial charge is 0.241 e. The van der Waals surface area contributed by atoms with Crippen LogP contribution in [-0.4, -0.2) is 4.98 Å². The van der Waals surface area contributed by atoms with Crippen LogP contribution in [0.1, 0.15) is 38.5 Å². The molecule has 0 unspecified atom stereocenters. The fraction of sp³-hybridized carbons (Fsp3) is 0.769. The number of nitrogens with one attached hydrogen (secondary N) is 1. The molecule has 0 radical (unpaired) electrons. The molecule has 4 aliphatic rings. The number of hydrogen-bond acceptors (Lipinski definition) is 0. The first-order valence-corrected chi connectivity index (χ1v) is 6.39. The van der Waals surface area contributed by atoms with Gasteiger partial charge in [0.15, 0.2) is 0 Å². The highest BCUT2D eigenvalue weighted by atomic mass is 79.9. The lowest BCUT2D eigenvalue weighted by molar-refractivity contribution is -0.775. The average Bonchev–Trinajstić information content (AvgIpc) is 2.67. The highest BCUT2D eigenvalue weighted by Gasteiger charge is 2.54. The van der Waals surface area contributed by atoms with E-state index in [0.717, 1.165) is 17.8 Å². The van der Waals surface area contributed by atoms with E-state index in [-0.39, 0.29) is 17.0 Å². The number of aromatic nitrogens is 2. The molecule has 2 nitrogen and oxygen atoms in total. The Balaban J connectivity index is 0.000000810. The van der Waals surface area contributed by atoms with Crippen molar-refractivity contribution in [3.05, 3.63) is 18.7 Å². The molecule has 5 rings (SSSR count). The van der Waals surface area contributed by atoms with Crippen LogP contribution in [0.2, 0.25) is 0 Å². The van der Waals surface area contributed by atoms with Gasteiger partial charge in [-0.05, 0) is 56.3 Å². The molecule has 1 N–H and O–H groups in total. The Bertz CT molecular complexity index is 336. The van der Waals surface area contributed by atoms with E-state index >= 15 is 0 Å². The van der Waals surface area contributed by atoms with Crippen molar-refractivity contribution in [2.24, 2.45) is 17.8 Å². The highest BCUT2D eigenvalue weighted by Crippen LogP contribution is 2.56. The van der Waals surface area contributed by atoms with Gasteiger partial charge < -0.3 is 17.0 Å². The number of imidazole rings is 1. The van der Waals surface area contributed by atoms with Gasteiger partial charge in [-0.1, -0.05) is 0 Å². The molecular formula is C13H19BrN2. The molecule has 4 fully saturated rings. The van der Waals surface area contributed by atoms with Gasteiger partial charge in [-0.3, -0.25) is 4.98 Å². The van der Waals surface area contributed by atoms with Crippen molar-refractivity contribution in [2.75, 3.05) is 0 Å². The Hall–Kier alpha value is -0.310. The number of nitrogens with zero attached hydrogens (tertiary/aromatic N) is 1. The van der Waals surface area contributed by atoms with Gasteiger partial charge in [0, 0.05) is 0 Å². The summed E-state index contributed by atoms with van der Waals surface area (Å²) in [6, 6.07) is 0. The van der Waals surface area contributed by atoms with Gasteiger partial charge in [0.2, 0.25) is 6.33 Å². The molecule has 0 amide bonds. The molecule has 16 heavy (non-hydrogen) atoms. The molecule has 1 aromatic rings. The van der Waals surface area contributed by atoms with Crippen LogP contribution in [0, 0.1) is 17.8 Å². The van der Waals surface area contributed by atoms with E-state index in [9.17, 15) is 0 Å². The summed E-state index contributed by atoms with van der Waals surface area (Å²) >= 11 is 0. The van der Waals surface area contributed by atoms with Crippen molar-refractivity contribution < 1.29 is 21.5 Å². The summed E-state index contributed by atoms with van der Waals surface area (Å²) in [6.45, 7) is 0. The number of rotatable bonds is 1. The standard InChI is InChI=1S/C13H18N2.BrH/c1-2-15(9-14-1)13-6-10-3-11(7-13)5-12(4-10)8-13;/h1-2,9-12H,3-8H2;1H. The molecule has 1 aromatic heterocycles. The second kappa shape index (κ2) is 3.59. The molecule has 88 valence electrons. The van der Waals surface area contributed by atoms with Crippen molar-refractivity contribution in [2.45, 2.75) is 44.1 Å². The molecule has 0 atom stereocenters. The van der Waals surface area contributed by atoms with Gasteiger partial charge in [0.1, 0.15) is 17.9 Å². The normalized spacial score (nSPS) is 44.4. The monoisotopic (exact) mass is 282 g/mol. The first-order valence-electron chi connectivity index (χ1n) is 6.39. The number of H-pyrrole nitrogens is 1. The molecule has 0 saturated heterocycles. The fourth-order valence-electron chi connectivity index (χ4n) is 4.97. The molecule has 4 aliphatic carbocycles. The molecular weight excluding hydrogens is 264 g/mol. The molecule has 1 heterocycles. The Kier molecular flexibility index (Phi) is 2.43. The second-order valence-electron chi connectivity index (χ2n) is 6.16. The topological polar surface area (TPSA) is 19.7 Å². The predicted molar refractivity (Wildman–Crippen MR) is 57.1 cm³/mol. The molecule has 4 saturated carbocycles. The first-order chi connectivity index (χ1) is 7.34. The summed E-state index contributed by atoms with van der Waals surface area (Å²) in [5, 5.41) is 0.